The predicted octanol–water partition coefficient (Wildman–Crippen LogP) is 2.51. The van der Waals surface area contributed by atoms with Gasteiger partial charge in [0, 0.05) is 19.6 Å². The van der Waals surface area contributed by atoms with E-state index < -0.39 is 0 Å². The monoisotopic (exact) mass is 284 g/mol. The van der Waals surface area contributed by atoms with Crippen LogP contribution in [0.2, 0.25) is 0 Å². The van der Waals surface area contributed by atoms with E-state index in [-0.39, 0.29) is 0 Å². The van der Waals surface area contributed by atoms with Gasteiger partial charge in [0.05, 0.1) is 0 Å². The van der Waals surface area contributed by atoms with Crippen molar-refractivity contribution in [1.29, 1.82) is 0 Å². The molecule has 2 fully saturated rings. The van der Waals surface area contributed by atoms with E-state index in [9.17, 15) is 0 Å². The van der Waals surface area contributed by atoms with E-state index in [0.29, 0.717) is 0 Å². The molecule has 0 radical (unpaired) electrons. The van der Waals surface area contributed by atoms with Gasteiger partial charge in [0.15, 0.2) is 3.95 Å². The molecule has 0 amide bonds. The minimum absolute atomic E-state index is 0.782. The Bertz CT molecular complexity index is 427. The number of nitrogens with zero attached hydrogens (tertiary/aromatic N) is 3. The largest absolute Gasteiger partial charge is 0.347 e. The van der Waals surface area contributed by atoms with E-state index in [2.05, 4.69) is 20.0 Å². The fourth-order valence-electron chi connectivity index (χ4n) is 2.99. The molecule has 0 aliphatic carbocycles. The molecule has 3 heterocycles. The number of H-pyrrole nitrogens is 1. The van der Waals surface area contributed by atoms with Crippen molar-refractivity contribution in [2.24, 2.45) is 5.92 Å². The topological polar surface area (TPSA) is 35.2 Å². The van der Waals surface area contributed by atoms with Gasteiger partial charge in [-0.1, -0.05) is 11.3 Å². The molecule has 1 N–H and O–H groups in total. The minimum atomic E-state index is 0.782. The van der Waals surface area contributed by atoms with Gasteiger partial charge in [0.2, 0.25) is 5.13 Å². The van der Waals surface area contributed by atoms with Crippen molar-refractivity contribution in [3.05, 3.63) is 3.95 Å². The average Bonchev–Trinajstić information content (AvgIpc) is 3.02. The molecule has 0 aromatic carbocycles. The molecule has 2 aliphatic rings. The van der Waals surface area contributed by atoms with E-state index in [1.165, 1.54) is 45.3 Å². The second-order valence-corrected chi connectivity index (χ2v) is 6.98. The summed E-state index contributed by atoms with van der Waals surface area (Å²) < 4.78 is 0.782. The number of likely N-dealkylation sites (tertiary alicyclic amines) is 1. The van der Waals surface area contributed by atoms with Crippen LogP contribution in [0.25, 0.3) is 0 Å². The SMILES string of the molecule is S=c1[nH]nc(N2CCC(CN3CCCC3)CC2)s1. The van der Waals surface area contributed by atoms with Crippen LogP contribution >= 0.6 is 23.6 Å². The summed E-state index contributed by atoms with van der Waals surface area (Å²) in [4.78, 5) is 5.01. The summed E-state index contributed by atoms with van der Waals surface area (Å²) in [7, 11) is 0. The van der Waals surface area contributed by atoms with Gasteiger partial charge in [-0.05, 0) is 56.9 Å². The molecular formula is C12H20N4S2. The molecule has 0 unspecified atom stereocenters. The van der Waals surface area contributed by atoms with Gasteiger partial charge in [-0.3, -0.25) is 5.10 Å². The smallest absolute Gasteiger partial charge is 0.206 e. The third-order valence-electron chi connectivity index (χ3n) is 4.03. The first kappa shape index (κ1) is 12.6. The molecule has 100 valence electrons. The standard InChI is InChI=1S/C12H20N4S2/c17-12-14-13-11(18-12)16-7-3-10(4-8-16)9-15-5-1-2-6-15/h10H,1-9H2,(H,14,17). The molecule has 18 heavy (non-hydrogen) atoms. The summed E-state index contributed by atoms with van der Waals surface area (Å²) in [6.45, 7) is 6.22. The van der Waals surface area contributed by atoms with Crippen LogP contribution in [0.5, 0.6) is 0 Å². The molecule has 0 bridgehead atoms. The van der Waals surface area contributed by atoms with E-state index in [0.717, 1.165) is 28.1 Å². The predicted molar refractivity (Wildman–Crippen MR) is 77.9 cm³/mol. The summed E-state index contributed by atoms with van der Waals surface area (Å²) in [5.74, 6) is 0.881. The molecule has 2 saturated heterocycles. The van der Waals surface area contributed by atoms with Crippen molar-refractivity contribution >= 4 is 28.7 Å². The lowest BCUT2D eigenvalue weighted by Crippen LogP contribution is -2.38. The zero-order chi connectivity index (χ0) is 12.4. The summed E-state index contributed by atoms with van der Waals surface area (Å²) in [6, 6.07) is 0. The Morgan fingerprint density at radius 3 is 2.56 bits per heavy atom. The summed E-state index contributed by atoms with van der Waals surface area (Å²) in [5.41, 5.74) is 0. The lowest BCUT2D eigenvalue weighted by Gasteiger charge is -2.33. The zero-order valence-electron chi connectivity index (χ0n) is 10.6. The van der Waals surface area contributed by atoms with Gasteiger partial charge in [-0.15, -0.1) is 5.10 Å². The first-order chi connectivity index (χ1) is 8.81. The van der Waals surface area contributed by atoms with Crippen LogP contribution in [-0.2, 0) is 0 Å². The third-order valence-corrected chi connectivity index (χ3v) is 5.18. The number of hydrogen-bond acceptors (Lipinski definition) is 5. The van der Waals surface area contributed by atoms with Crippen LogP contribution in [0.3, 0.4) is 0 Å². The fourth-order valence-corrected chi connectivity index (χ4v) is 3.92. The normalized spacial score (nSPS) is 22.8. The van der Waals surface area contributed by atoms with E-state index in [1.54, 1.807) is 11.3 Å². The molecule has 3 rings (SSSR count). The van der Waals surface area contributed by atoms with Crippen molar-refractivity contribution in [2.45, 2.75) is 25.7 Å². The highest BCUT2D eigenvalue weighted by Crippen LogP contribution is 2.26. The van der Waals surface area contributed by atoms with Crippen LogP contribution in [-0.4, -0.2) is 47.8 Å². The Kier molecular flexibility index (Phi) is 3.96. The van der Waals surface area contributed by atoms with Gasteiger partial charge >= 0.3 is 0 Å². The van der Waals surface area contributed by atoms with Gasteiger partial charge < -0.3 is 9.80 Å². The minimum Gasteiger partial charge on any atom is -0.347 e. The average molecular weight is 284 g/mol. The van der Waals surface area contributed by atoms with Crippen molar-refractivity contribution in [3.8, 4) is 0 Å². The highest BCUT2D eigenvalue weighted by Gasteiger charge is 2.23. The van der Waals surface area contributed by atoms with Gasteiger partial charge in [-0.2, -0.15) is 0 Å². The number of aromatic amines is 1. The first-order valence-corrected chi connectivity index (χ1v) is 8.06. The van der Waals surface area contributed by atoms with Crippen LogP contribution in [0.1, 0.15) is 25.7 Å². The molecule has 1 aromatic heterocycles. The molecule has 4 nitrogen and oxygen atoms in total. The quantitative estimate of drug-likeness (QED) is 0.865. The first-order valence-electron chi connectivity index (χ1n) is 6.84. The summed E-state index contributed by atoms with van der Waals surface area (Å²) in [6.07, 6.45) is 5.39. The van der Waals surface area contributed by atoms with Crippen molar-refractivity contribution in [3.63, 3.8) is 0 Å². The van der Waals surface area contributed by atoms with Gasteiger partial charge in [0.1, 0.15) is 0 Å². The number of nitrogens with one attached hydrogen (secondary N) is 1. The van der Waals surface area contributed by atoms with Crippen LogP contribution in [0.15, 0.2) is 0 Å². The maximum absolute atomic E-state index is 5.09. The lowest BCUT2D eigenvalue weighted by atomic mass is 9.96. The van der Waals surface area contributed by atoms with Crippen LogP contribution in [0, 0.1) is 9.87 Å². The van der Waals surface area contributed by atoms with E-state index in [4.69, 9.17) is 12.2 Å². The molecule has 6 heteroatoms. The Morgan fingerprint density at radius 2 is 1.94 bits per heavy atom. The van der Waals surface area contributed by atoms with Crippen molar-refractivity contribution < 1.29 is 0 Å². The van der Waals surface area contributed by atoms with E-state index >= 15 is 0 Å². The van der Waals surface area contributed by atoms with Crippen LogP contribution in [0.4, 0.5) is 5.13 Å². The third kappa shape index (κ3) is 2.92. The van der Waals surface area contributed by atoms with Crippen LogP contribution < -0.4 is 4.90 Å². The molecule has 2 aliphatic heterocycles. The maximum atomic E-state index is 5.09. The van der Waals surface area contributed by atoms with E-state index in [1.807, 2.05) is 0 Å². The number of rotatable bonds is 3. The molecule has 1 aromatic rings. The molecular weight excluding hydrogens is 264 g/mol. The summed E-state index contributed by atoms with van der Waals surface area (Å²) in [5, 5.41) is 8.21. The zero-order valence-corrected chi connectivity index (χ0v) is 12.2. The number of anilines is 1. The number of hydrogen-bond donors (Lipinski definition) is 1. The summed E-state index contributed by atoms with van der Waals surface area (Å²) >= 11 is 6.68. The Labute approximate surface area is 117 Å². The number of piperidine rings is 1. The molecule has 0 spiro atoms. The molecule has 0 atom stereocenters. The molecule has 0 saturated carbocycles. The Morgan fingerprint density at radius 1 is 1.22 bits per heavy atom. The number of aromatic nitrogens is 2. The second-order valence-electron chi connectivity index (χ2n) is 5.33. The highest BCUT2D eigenvalue weighted by molar-refractivity contribution is 7.73. The lowest BCUT2D eigenvalue weighted by molar-refractivity contribution is 0.249. The second kappa shape index (κ2) is 5.67. The Hall–Kier alpha value is -0.460. The Balaban J connectivity index is 1.50. The van der Waals surface area contributed by atoms with Gasteiger partial charge in [0.25, 0.3) is 0 Å². The highest BCUT2D eigenvalue weighted by atomic mass is 32.1. The van der Waals surface area contributed by atoms with Gasteiger partial charge in [-0.25, -0.2) is 0 Å². The fraction of sp³-hybridized carbons (Fsp3) is 0.833. The van der Waals surface area contributed by atoms with Crippen molar-refractivity contribution in [1.82, 2.24) is 15.1 Å². The maximum Gasteiger partial charge on any atom is 0.206 e. The van der Waals surface area contributed by atoms with Crippen molar-refractivity contribution in [2.75, 3.05) is 37.6 Å².